The molecule has 0 aliphatic carbocycles. The van der Waals surface area contributed by atoms with Crippen molar-refractivity contribution in [1.82, 2.24) is 5.32 Å². The highest BCUT2D eigenvalue weighted by atomic mass is 16.6. The highest BCUT2D eigenvalue weighted by Crippen LogP contribution is 2.31. The third kappa shape index (κ3) is 3.60. The van der Waals surface area contributed by atoms with Gasteiger partial charge in [0.2, 0.25) is 5.91 Å². The molecule has 1 aliphatic rings. The molecular formula is C18H16N2O4. The first-order valence-corrected chi connectivity index (χ1v) is 7.58. The Kier molecular flexibility index (Phi) is 4.56. The molecule has 24 heavy (non-hydrogen) atoms. The van der Waals surface area contributed by atoms with Gasteiger partial charge in [-0.25, -0.2) is 0 Å². The van der Waals surface area contributed by atoms with Crippen LogP contribution in [0, 0.1) is 10.1 Å². The number of ether oxygens (including phenoxy) is 1. The van der Waals surface area contributed by atoms with Crippen molar-refractivity contribution in [2.45, 2.75) is 12.5 Å². The van der Waals surface area contributed by atoms with Crippen molar-refractivity contribution in [2.75, 3.05) is 6.61 Å². The first-order chi connectivity index (χ1) is 11.6. The fourth-order valence-electron chi connectivity index (χ4n) is 2.63. The number of para-hydroxylation sites is 1. The van der Waals surface area contributed by atoms with Crippen molar-refractivity contribution in [3.05, 3.63) is 75.8 Å². The summed E-state index contributed by atoms with van der Waals surface area (Å²) in [5.41, 5.74) is 1.56. The van der Waals surface area contributed by atoms with Crippen LogP contribution in [0.25, 0.3) is 6.08 Å². The molecular weight excluding hydrogens is 308 g/mol. The zero-order valence-electron chi connectivity index (χ0n) is 12.8. The normalized spacial score (nSPS) is 16.2. The summed E-state index contributed by atoms with van der Waals surface area (Å²) in [7, 11) is 0. The van der Waals surface area contributed by atoms with Crippen LogP contribution in [0.1, 0.15) is 23.6 Å². The number of nitro benzene ring substituents is 1. The van der Waals surface area contributed by atoms with E-state index in [1.807, 2.05) is 24.3 Å². The van der Waals surface area contributed by atoms with E-state index in [9.17, 15) is 14.9 Å². The first-order valence-electron chi connectivity index (χ1n) is 7.58. The van der Waals surface area contributed by atoms with Gasteiger partial charge in [-0.2, -0.15) is 0 Å². The summed E-state index contributed by atoms with van der Waals surface area (Å²) < 4.78 is 5.57. The van der Waals surface area contributed by atoms with E-state index in [-0.39, 0.29) is 17.6 Å². The maximum absolute atomic E-state index is 12.1. The topological polar surface area (TPSA) is 81.5 Å². The number of hydrogen-bond acceptors (Lipinski definition) is 4. The number of benzene rings is 2. The van der Waals surface area contributed by atoms with Crippen LogP contribution in [0.4, 0.5) is 5.69 Å². The molecule has 0 saturated carbocycles. The van der Waals surface area contributed by atoms with Gasteiger partial charge in [-0.1, -0.05) is 30.3 Å². The predicted molar refractivity (Wildman–Crippen MR) is 89.6 cm³/mol. The molecule has 1 heterocycles. The number of nitro groups is 1. The lowest BCUT2D eigenvalue weighted by Crippen LogP contribution is -2.30. The average molecular weight is 324 g/mol. The van der Waals surface area contributed by atoms with E-state index >= 15 is 0 Å². The maximum atomic E-state index is 12.1. The molecule has 0 fully saturated rings. The number of carbonyl (C=O) groups excluding carboxylic acids is 1. The number of fused-ring (bicyclic) bond motifs is 1. The Morgan fingerprint density at radius 3 is 2.92 bits per heavy atom. The number of rotatable bonds is 4. The van der Waals surface area contributed by atoms with E-state index in [0.717, 1.165) is 11.3 Å². The van der Waals surface area contributed by atoms with Gasteiger partial charge < -0.3 is 10.1 Å². The molecule has 122 valence electrons. The minimum atomic E-state index is -0.462. The standard InChI is InChI=1S/C18H16N2O4/c21-18(9-8-13-4-3-5-14(12-13)20(22)23)19-16-10-11-24-17-7-2-1-6-15(16)17/h1-9,12,16H,10-11H2,(H,19,21)/b9-8+/t16-/m1/s1. The Hall–Kier alpha value is -3.15. The molecule has 0 unspecified atom stereocenters. The summed E-state index contributed by atoms with van der Waals surface area (Å²) >= 11 is 0. The van der Waals surface area contributed by atoms with Gasteiger partial charge in [0.15, 0.2) is 0 Å². The number of hydrogen-bond donors (Lipinski definition) is 1. The smallest absolute Gasteiger partial charge is 0.270 e. The van der Waals surface area contributed by atoms with Gasteiger partial charge in [0.05, 0.1) is 17.6 Å². The molecule has 1 N–H and O–H groups in total. The molecule has 3 rings (SSSR count). The Labute approximate surface area is 138 Å². The van der Waals surface area contributed by atoms with E-state index in [1.54, 1.807) is 18.2 Å². The van der Waals surface area contributed by atoms with E-state index in [4.69, 9.17) is 4.74 Å². The second kappa shape index (κ2) is 6.95. The first kappa shape index (κ1) is 15.7. The summed E-state index contributed by atoms with van der Waals surface area (Å²) in [5, 5.41) is 13.7. The van der Waals surface area contributed by atoms with Gasteiger partial charge in [-0.15, -0.1) is 0 Å². The van der Waals surface area contributed by atoms with Crippen molar-refractivity contribution >= 4 is 17.7 Å². The zero-order valence-corrected chi connectivity index (χ0v) is 12.8. The lowest BCUT2D eigenvalue weighted by molar-refractivity contribution is -0.384. The van der Waals surface area contributed by atoms with Crippen molar-refractivity contribution in [2.24, 2.45) is 0 Å². The zero-order chi connectivity index (χ0) is 16.9. The van der Waals surface area contributed by atoms with Crippen LogP contribution < -0.4 is 10.1 Å². The average Bonchev–Trinajstić information content (AvgIpc) is 2.60. The molecule has 0 saturated heterocycles. The summed E-state index contributed by atoms with van der Waals surface area (Å²) in [6.45, 7) is 0.552. The number of amides is 1. The summed E-state index contributed by atoms with van der Waals surface area (Å²) in [4.78, 5) is 22.4. The molecule has 6 heteroatoms. The van der Waals surface area contributed by atoms with Crippen LogP contribution in [0.5, 0.6) is 5.75 Å². The van der Waals surface area contributed by atoms with E-state index in [0.29, 0.717) is 18.6 Å². The van der Waals surface area contributed by atoms with Crippen molar-refractivity contribution in [1.29, 1.82) is 0 Å². The third-order valence-corrected chi connectivity index (χ3v) is 3.78. The molecule has 1 atom stereocenters. The lowest BCUT2D eigenvalue weighted by Gasteiger charge is -2.26. The summed E-state index contributed by atoms with van der Waals surface area (Å²) in [6.07, 6.45) is 3.65. The maximum Gasteiger partial charge on any atom is 0.270 e. The van der Waals surface area contributed by atoms with Gasteiger partial charge in [0, 0.05) is 30.2 Å². The fraction of sp³-hybridized carbons (Fsp3) is 0.167. The monoisotopic (exact) mass is 324 g/mol. The van der Waals surface area contributed by atoms with Crippen LogP contribution in [-0.4, -0.2) is 17.4 Å². The third-order valence-electron chi connectivity index (χ3n) is 3.78. The summed E-state index contributed by atoms with van der Waals surface area (Å²) in [5.74, 6) is 0.542. The SMILES string of the molecule is O=C(/C=C/c1cccc([N+](=O)[O-])c1)N[C@@H]1CCOc2ccccc21. The van der Waals surface area contributed by atoms with Crippen LogP contribution in [0.2, 0.25) is 0 Å². The highest BCUT2D eigenvalue weighted by Gasteiger charge is 2.21. The van der Waals surface area contributed by atoms with Crippen LogP contribution in [0.15, 0.2) is 54.6 Å². The van der Waals surface area contributed by atoms with Gasteiger partial charge in [0.1, 0.15) is 5.75 Å². The molecule has 0 spiro atoms. The van der Waals surface area contributed by atoms with E-state index in [1.165, 1.54) is 18.2 Å². The molecule has 0 radical (unpaired) electrons. The minimum Gasteiger partial charge on any atom is -0.493 e. The molecule has 1 amide bonds. The van der Waals surface area contributed by atoms with Crippen molar-refractivity contribution < 1.29 is 14.5 Å². The van der Waals surface area contributed by atoms with Gasteiger partial charge >= 0.3 is 0 Å². The number of nitrogens with one attached hydrogen (secondary N) is 1. The number of carbonyl (C=O) groups is 1. The predicted octanol–water partition coefficient (Wildman–Crippen LogP) is 3.25. The Balaban J connectivity index is 1.68. The van der Waals surface area contributed by atoms with Gasteiger partial charge in [0.25, 0.3) is 5.69 Å². The van der Waals surface area contributed by atoms with Gasteiger partial charge in [-0.3, -0.25) is 14.9 Å². The van der Waals surface area contributed by atoms with Crippen LogP contribution in [-0.2, 0) is 4.79 Å². The Morgan fingerprint density at radius 2 is 2.08 bits per heavy atom. The number of nitrogens with zero attached hydrogens (tertiary/aromatic N) is 1. The van der Waals surface area contributed by atoms with Crippen molar-refractivity contribution in [3.8, 4) is 5.75 Å². The minimum absolute atomic E-state index is 0.00378. The highest BCUT2D eigenvalue weighted by molar-refractivity contribution is 5.92. The van der Waals surface area contributed by atoms with Crippen LogP contribution >= 0.6 is 0 Å². The van der Waals surface area contributed by atoms with Crippen molar-refractivity contribution in [3.63, 3.8) is 0 Å². The largest absolute Gasteiger partial charge is 0.493 e. The van der Waals surface area contributed by atoms with E-state index in [2.05, 4.69) is 5.32 Å². The molecule has 1 aliphatic heterocycles. The molecule has 0 bridgehead atoms. The quantitative estimate of drug-likeness (QED) is 0.532. The summed E-state index contributed by atoms with van der Waals surface area (Å²) in [6, 6.07) is 13.7. The van der Waals surface area contributed by atoms with Gasteiger partial charge in [-0.05, 0) is 17.7 Å². The Bertz CT molecular complexity index is 801. The van der Waals surface area contributed by atoms with E-state index < -0.39 is 4.92 Å². The Morgan fingerprint density at radius 1 is 1.25 bits per heavy atom. The fourth-order valence-corrected chi connectivity index (χ4v) is 2.63. The second-order valence-electron chi connectivity index (χ2n) is 5.42. The molecule has 0 aromatic heterocycles. The second-order valence-corrected chi connectivity index (χ2v) is 5.42. The molecule has 2 aromatic rings. The molecule has 2 aromatic carbocycles. The molecule has 6 nitrogen and oxygen atoms in total. The lowest BCUT2D eigenvalue weighted by atomic mass is 10.0. The van der Waals surface area contributed by atoms with Crippen LogP contribution in [0.3, 0.4) is 0 Å². The number of non-ortho nitro benzene ring substituents is 1.